The van der Waals surface area contributed by atoms with E-state index in [1.807, 2.05) is 13.8 Å². The van der Waals surface area contributed by atoms with Gasteiger partial charge in [-0.1, -0.05) is 17.7 Å². The first-order valence-electron chi connectivity index (χ1n) is 5.52. The summed E-state index contributed by atoms with van der Waals surface area (Å²) in [6.45, 7) is 4.54. The molecule has 1 heterocycles. The maximum Gasteiger partial charge on any atom is 0.287 e. The van der Waals surface area contributed by atoms with Crippen molar-refractivity contribution in [3.05, 3.63) is 38.9 Å². The van der Waals surface area contributed by atoms with Gasteiger partial charge in [-0.15, -0.1) is 0 Å². The van der Waals surface area contributed by atoms with Gasteiger partial charge in [0.2, 0.25) is 0 Å². The van der Waals surface area contributed by atoms with Crippen molar-refractivity contribution in [2.75, 3.05) is 6.61 Å². The lowest BCUT2D eigenvalue weighted by molar-refractivity contribution is -0.384. The third-order valence-corrected chi connectivity index (χ3v) is 2.89. The molecule has 0 radical (unpaired) electrons. The molecule has 0 aliphatic carbocycles. The summed E-state index contributed by atoms with van der Waals surface area (Å²) < 4.78 is 5.46. The van der Waals surface area contributed by atoms with E-state index in [0.29, 0.717) is 18.9 Å². The van der Waals surface area contributed by atoms with Crippen LogP contribution in [0.1, 0.15) is 19.4 Å². The lowest BCUT2D eigenvalue weighted by atomic mass is 10.1. The number of nitro groups is 1. The Hall–Kier alpha value is -1.62. The number of hydrogen-bond acceptors (Lipinski definition) is 4. The zero-order valence-corrected chi connectivity index (χ0v) is 10.9. The molecule has 1 aromatic rings. The molecule has 2 rings (SSSR count). The molecule has 0 spiro atoms. The topological polar surface area (TPSA) is 64.7 Å². The molecule has 1 aromatic carbocycles. The number of aliphatic imine (C=N–C) groups is 1. The number of benzene rings is 1. The summed E-state index contributed by atoms with van der Waals surface area (Å²) in [5, 5.41) is 10.8. The molecule has 0 amide bonds. The van der Waals surface area contributed by atoms with Crippen molar-refractivity contribution in [1.29, 1.82) is 0 Å². The van der Waals surface area contributed by atoms with Crippen molar-refractivity contribution in [3.63, 3.8) is 0 Å². The lowest BCUT2D eigenvalue weighted by Gasteiger charge is -2.07. The highest BCUT2D eigenvalue weighted by molar-refractivity contribution is 6.32. The van der Waals surface area contributed by atoms with Crippen LogP contribution in [0.25, 0.3) is 0 Å². The van der Waals surface area contributed by atoms with Gasteiger partial charge in [0.05, 0.1) is 10.5 Å². The summed E-state index contributed by atoms with van der Waals surface area (Å²) in [5.41, 5.74) is 0.567. The molecule has 1 aliphatic heterocycles. The van der Waals surface area contributed by atoms with E-state index in [1.54, 1.807) is 12.1 Å². The highest BCUT2D eigenvalue weighted by atomic mass is 35.5. The first-order chi connectivity index (χ1) is 8.37. The molecule has 5 nitrogen and oxygen atoms in total. The van der Waals surface area contributed by atoms with Gasteiger partial charge in [0, 0.05) is 12.5 Å². The molecule has 0 bridgehead atoms. The first kappa shape index (κ1) is 12.8. The van der Waals surface area contributed by atoms with E-state index in [-0.39, 0.29) is 16.2 Å². The third kappa shape index (κ3) is 2.79. The normalized spacial score (nSPS) is 17.2. The van der Waals surface area contributed by atoms with Crippen molar-refractivity contribution in [3.8, 4) is 0 Å². The molecule has 0 atom stereocenters. The molecule has 0 saturated carbocycles. The van der Waals surface area contributed by atoms with Crippen LogP contribution in [0.2, 0.25) is 5.02 Å². The Labute approximate surface area is 110 Å². The number of halogens is 1. The van der Waals surface area contributed by atoms with Gasteiger partial charge in [0.25, 0.3) is 5.69 Å². The summed E-state index contributed by atoms with van der Waals surface area (Å²) in [6.07, 6.45) is 0.501. The SMILES string of the molecule is CC1(C)COC(Cc2ccc([N+](=O)[O-])c(Cl)c2)=N1. The number of ether oxygens (including phenoxy) is 1. The van der Waals surface area contributed by atoms with Crippen molar-refractivity contribution < 1.29 is 9.66 Å². The van der Waals surface area contributed by atoms with Crippen LogP contribution in [0.3, 0.4) is 0 Å². The van der Waals surface area contributed by atoms with E-state index < -0.39 is 4.92 Å². The van der Waals surface area contributed by atoms with Crippen LogP contribution in [0.4, 0.5) is 5.69 Å². The van der Waals surface area contributed by atoms with Crippen LogP contribution in [-0.4, -0.2) is 23.0 Å². The minimum Gasteiger partial charge on any atom is -0.478 e. The molecule has 96 valence electrons. The van der Waals surface area contributed by atoms with E-state index in [9.17, 15) is 10.1 Å². The number of nitro benzene ring substituents is 1. The van der Waals surface area contributed by atoms with Crippen LogP contribution in [0, 0.1) is 10.1 Å². The summed E-state index contributed by atoms with van der Waals surface area (Å²) in [5.74, 6) is 0.643. The van der Waals surface area contributed by atoms with Crippen molar-refractivity contribution in [2.24, 2.45) is 4.99 Å². The van der Waals surface area contributed by atoms with Crippen LogP contribution in [-0.2, 0) is 11.2 Å². The van der Waals surface area contributed by atoms with E-state index >= 15 is 0 Å². The molecule has 0 aromatic heterocycles. The molecular weight excluding hydrogens is 256 g/mol. The van der Waals surface area contributed by atoms with Gasteiger partial charge in [-0.25, -0.2) is 4.99 Å². The predicted molar refractivity (Wildman–Crippen MR) is 69.3 cm³/mol. The average molecular weight is 269 g/mol. The Morgan fingerprint density at radius 2 is 2.28 bits per heavy atom. The second-order valence-corrected chi connectivity index (χ2v) is 5.23. The minimum absolute atomic E-state index is 0.0879. The van der Waals surface area contributed by atoms with Gasteiger partial charge < -0.3 is 4.74 Å². The van der Waals surface area contributed by atoms with Crippen LogP contribution in [0.5, 0.6) is 0 Å². The second-order valence-electron chi connectivity index (χ2n) is 4.83. The van der Waals surface area contributed by atoms with Crippen molar-refractivity contribution in [2.45, 2.75) is 25.8 Å². The standard InChI is InChI=1S/C12H13ClN2O3/c1-12(2)7-18-11(14-12)6-8-3-4-10(15(16)17)9(13)5-8/h3-5H,6-7H2,1-2H3. The summed E-state index contributed by atoms with van der Waals surface area (Å²) in [6, 6.07) is 4.65. The van der Waals surface area contributed by atoms with E-state index in [1.165, 1.54) is 6.07 Å². The van der Waals surface area contributed by atoms with E-state index in [2.05, 4.69) is 4.99 Å². The Bertz CT molecular complexity index is 526. The molecule has 6 heteroatoms. The fourth-order valence-corrected chi connectivity index (χ4v) is 2.01. The van der Waals surface area contributed by atoms with Gasteiger partial charge in [0.15, 0.2) is 5.90 Å². The highest BCUT2D eigenvalue weighted by Gasteiger charge is 2.26. The summed E-state index contributed by atoms with van der Waals surface area (Å²) in [4.78, 5) is 14.6. The van der Waals surface area contributed by atoms with E-state index in [4.69, 9.17) is 16.3 Å². The molecule has 18 heavy (non-hydrogen) atoms. The Kier molecular flexibility index (Phi) is 3.26. The first-order valence-corrected chi connectivity index (χ1v) is 5.89. The smallest absolute Gasteiger partial charge is 0.287 e. The van der Waals surface area contributed by atoms with Gasteiger partial charge >= 0.3 is 0 Å². The maximum atomic E-state index is 10.6. The predicted octanol–water partition coefficient (Wildman–Crippen LogP) is 3.00. The molecule has 0 saturated heterocycles. The molecular formula is C12H13ClN2O3. The van der Waals surface area contributed by atoms with Gasteiger partial charge in [-0.05, 0) is 25.5 Å². The zero-order chi connectivity index (χ0) is 13.3. The monoisotopic (exact) mass is 268 g/mol. The quantitative estimate of drug-likeness (QED) is 0.625. The Balaban J connectivity index is 2.17. The average Bonchev–Trinajstić information content (AvgIpc) is 2.57. The third-order valence-electron chi connectivity index (χ3n) is 2.58. The lowest BCUT2D eigenvalue weighted by Crippen LogP contribution is -2.17. The van der Waals surface area contributed by atoms with Crippen LogP contribution in [0.15, 0.2) is 23.2 Å². The van der Waals surface area contributed by atoms with Crippen molar-refractivity contribution in [1.82, 2.24) is 0 Å². The number of hydrogen-bond donors (Lipinski definition) is 0. The number of nitrogens with zero attached hydrogens (tertiary/aromatic N) is 2. The van der Waals surface area contributed by atoms with Gasteiger partial charge in [-0.2, -0.15) is 0 Å². The highest BCUT2D eigenvalue weighted by Crippen LogP contribution is 2.26. The Morgan fingerprint density at radius 1 is 1.56 bits per heavy atom. The van der Waals surface area contributed by atoms with Crippen molar-refractivity contribution >= 4 is 23.2 Å². The second kappa shape index (κ2) is 4.57. The summed E-state index contributed by atoms with van der Waals surface area (Å²) in [7, 11) is 0. The minimum atomic E-state index is -0.501. The maximum absolute atomic E-state index is 10.6. The van der Waals surface area contributed by atoms with Gasteiger partial charge in [-0.3, -0.25) is 10.1 Å². The fraction of sp³-hybridized carbons (Fsp3) is 0.417. The molecule has 0 unspecified atom stereocenters. The van der Waals surface area contributed by atoms with Gasteiger partial charge in [0.1, 0.15) is 11.6 Å². The molecule has 0 N–H and O–H groups in total. The van der Waals surface area contributed by atoms with E-state index in [0.717, 1.165) is 5.56 Å². The van der Waals surface area contributed by atoms with Crippen LogP contribution < -0.4 is 0 Å². The Morgan fingerprint density at radius 3 is 2.78 bits per heavy atom. The molecule has 0 fully saturated rings. The summed E-state index contributed by atoms with van der Waals surface area (Å²) >= 11 is 5.84. The number of rotatable bonds is 3. The fourth-order valence-electron chi connectivity index (χ4n) is 1.74. The largest absolute Gasteiger partial charge is 0.478 e. The zero-order valence-electron chi connectivity index (χ0n) is 10.1. The van der Waals surface area contributed by atoms with Crippen LogP contribution >= 0.6 is 11.6 Å². The molecule has 1 aliphatic rings.